The number of benzene rings is 2. The lowest BCUT2D eigenvalue weighted by atomic mass is 10.1. The van der Waals surface area contributed by atoms with Crippen LogP contribution in [-0.2, 0) is 17.6 Å². The molecule has 0 unspecified atom stereocenters. The number of para-hydroxylation sites is 1. The van der Waals surface area contributed by atoms with Gasteiger partial charge < -0.3 is 10.1 Å². The van der Waals surface area contributed by atoms with Gasteiger partial charge in [-0.05, 0) is 35.7 Å². The Labute approximate surface area is 129 Å². The molecular formula is C17H18ClNO2. The van der Waals surface area contributed by atoms with Crippen LogP contribution >= 0.6 is 11.6 Å². The minimum atomic E-state index is -0.00725. The van der Waals surface area contributed by atoms with Crippen molar-refractivity contribution in [3.8, 4) is 5.75 Å². The van der Waals surface area contributed by atoms with Gasteiger partial charge in [-0.3, -0.25) is 4.79 Å². The summed E-state index contributed by atoms with van der Waals surface area (Å²) in [6.07, 6.45) is 1.08. The number of hydrogen-bond donors (Lipinski definition) is 1. The summed E-state index contributed by atoms with van der Waals surface area (Å²) >= 11 is 5.90. The Morgan fingerprint density at radius 2 is 2.00 bits per heavy atom. The highest BCUT2D eigenvalue weighted by Gasteiger charge is 2.05. The van der Waals surface area contributed by atoms with E-state index in [1.807, 2.05) is 36.4 Å². The number of hydrogen-bond acceptors (Lipinski definition) is 2. The summed E-state index contributed by atoms with van der Waals surface area (Å²) in [6, 6.07) is 15.2. The molecule has 0 bridgehead atoms. The Hall–Kier alpha value is -2.00. The van der Waals surface area contributed by atoms with Crippen LogP contribution in [0.3, 0.4) is 0 Å². The topological polar surface area (TPSA) is 38.3 Å². The Kier molecular flexibility index (Phi) is 5.64. The van der Waals surface area contributed by atoms with Crippen molar-refractivity contribution < 1.29 is 9.53 Å². The molecule has 1 N–H and O–H groups in total. The first-order valence-electron chi connectivity index (χ1n) is 6.82. The third-order valence-electron chi connectivity index (χ3n) is 3.16. The van der Waals surface area contributed by atoms with Crippen LogP contribution in [0.5, 0.6) is 5.75 Å². The minimum Gasteiger partial charge on any atom is -0.496 e. The van der Waals surface area contributed by atoms with E-state index in [0.717, 1.165) is 23.3 Å². The third-order valence-corrected chi connectivity index (χ3v) is 3.40. The molecule has 0 aliphatic heterocycles. The second-order valence-electron chi connectivity index (χ2n) is 4.72. The molecule has 0 saturated carbocycles. The molecule has 0 heterocycles. The highest BCUT2D eigenvalue weighted by Crippen LogP contribution is 2.17. The highest BCUT2D eigenvalue weighted by atomic mass is 35.5. The van der Waals surface area contributed by atoms with Crippen molar-refractivity contribution in [2.45, 2.75) is 12.8 Å². The van der Waals surface area contributed by atoms with Gasteiger partial charge in [0.2, 0.25) is 5.91 Å². The molecule has 0 atom stereocenters. The standard InChI is InChI=1S/C17H18ClNO2/c1-21-16-8-3-2-6-14(16)9-10-19-17(20)12-13-5-4-7-15(18)11-13/h2-8,11H,9-10,12H2,1H3,(H,19,20). The van der Waals surface area contributed by atoms with Crippen LogP contribution < -0.4 is 10.1 Å². The van der Waals surface area contributed by atoms with Gasteiger partial charge in [-0.2, -0.15) is 0 Å². The van der Waals surface area contributed by atoms with Gasteiger partial charge in [0, 0.05) is 11.6 Å². The molecule has 110 valence electrons. The predicted molar refractivity (Wildman–Crippen MR) is 84.9 cm³/mol. The number of amides is 1. The number of carbonyl (C=O) groups excluding carboxylic acids is 1. The van der Waals surface area contributed by atoms with Crippen LogP contribution in [0.15, 0.2) is 48.5 Å². The van der Waals surface area contributed by atoms with Crippen molar-refractivity contribution in [2.24, 2.45) is 0 Å². The molecule has 2 aromatic rings. The van der Waals surface area contributed by atoms with Crippen molar-refractivity contribution in [1.82, 2.24) is 5.32 Å². The van der Waals surface area contributed by atoms with E-state index in [-0.39, 0.29) is 5.91 Å². The number of rotatable bonds is 6. The van der Waals surface area contributed by atoms with E-state index in [1.54, 1.807) is 19.2 Å². The van der Waals surface area contributed by atoms with Crippen LogP contribution in [0.25, 0.3) is 0 Å². The Bertz CT molecular complexity index is 613. The summed E-state index contributed by atoms with van der Waals surface area (Å²) in [7, 11) is 1.65. The van der Waals surface area contributed by atoms with Crippen LogP contribution in [-0.4, -0.2) is 19.6 Å². The van der Waals surface area contributed by atoms with Gasteiger partial charge in [-0.1, -0.05) is 41.9 Å². The molecule has 21 heavy (non-hydrogen) atoms. The molecule has 0 spiro atoms. The van der Waals surface area contributed by atoms with E-state index in [2.05, 4.69) is 5.32 Å². The number of ether oxygens (including phenoxy) is 1. The van der Waals surface area contributed by atoms with Crippen LogP contribution in [0, 0.1) is 0 Å². The summed E-state index contributed by atoms with van der Waals surface area (Å²) in [4.78, 5) is 11.9. The second kappa shape index (κ2) is 7.70. The average molecular weight is 304 g/mol. The molecule has 0 aliphatic rings. The van der Waals surface area contributed by atoms with E-state index in [9.17, 15) is 4.79 Å². The lowest BCUT2D eigenvalue weighted by Crippen LogP contribution is -2.27. The Balaban J connectivity index is 1.82. The quantitative estimate of drug-likeness (QED) is 0.889. The van der Waals surface area contributed by atoms with Crippen molar-refractivity contribution in [3.63, 3.8) is 0 Å². The number of methoxy groups -OCH3 is 1. The average Bonchev–Trinajstić information content (AvgIpc) is 2.47. The maximum absolute atomic E-state index is 11.9. The van der Waals surface area contributed by atoms with Crippen molar-refractivity contribution in [2.75, 3.05) is 13.7 Å². The van der Waals surface area contributed by atoms with Crippen LogP contribution in [0.2, 0.25) is 5.02 Å². The molecule has 3 nitrogen and oxygen atoms in total. The lowest BCUT2D eigenvalue weighted by Gasteiger charge is -2.09. The van der Waals surface area contributed by atoms with Crippen LogP contribution in [0.1, 0.15) is 11.1 Å². The molecule has 0 saturated heterocycles. The van der Waals surface area contributed by atoms with E-state index >= 15 is 0 Å². The largest absolute Gasteiger partial charge is 0.496 e. The first-order valence-corrected chi connectivity index (χ1v) is 7.20. The molecular weight excluding hydrogens is 286 g/mol. The fourth-order valence-electron chi connectivity index (χ4n) is 2.14. The first kappa shape index (κ1) is 15.4. The van der Waals surface area contributed by atoms with Gasteiger partial charge in [0.15, 0.2) is 0 Å². The number of halogens is 1. The summed E-state index contributed by atoms with van der Waals surface area (Å²) in [5, 5.41) is 3.56. The maximum atomic E-state index is 11.9. The SMILES string of the molecule is COc1ccccc1CCNC(=O)Cc1cccc(Cl)c1. The lowest BCUT2D eigenvalue weighted by molar-refractivity contribution is -0.120. The van der Waals surface area contributed by atoms with E-state index < -0.39 is 0 Å². The molecule has 0 aliphatic carbocycles. The van der Waals surface area contributed by atoms with E-state index in [4.69, 9.17) is 16.3 Å². The fraction of sp³-hybridized carbons (Fsp3) is 0.235. The van der Waals surface area contributed by atoms with E-state index in [0.29, 0.717) is 18.0 Å². The predicted octanol–water partition coefficient (Wildman–Crippen LogP) is 3.25. The molecule has 0 radical (unpaired) electrons. The highest BCUT2D eigenvalue weighted by molar-refractivity contribution is 6.30. The molecule has 0 aromatic heterocycles. The molecule has 0 fully saturated rings. The van der Waals surface area contributed by atoms with Crippen molar-refractivity contribution >= 4 is 17.5 Å². The third kappa shape index (κ3) is 4.80. The number of nitrogens with one attached hydrogen (secondary N) is 1. The second-order valence-corrected chi connectivity index (χ2v) is 5.15. The van der Waals surface area contributed by atoms with Gasteiger partial charge in [-0.25, -0.2) is 0 Å². The normalized spacial score (nSPS) is 10.2. The maximum Gasteiger partial charge on any atom is 0.224 e. The fourth-order valence-corrected chi connectivity index (χ4v) is 2.35. The first-order chi connectivity index (χ1) is 10.2. The number of carbonyl (C=O) groups is 1. The van der Waals surface area contributed by atoms with Crippen molar-refractivity contribution in [1.29, 1.82) is 0 Å². The Morgan fingerprint density at radius 1 is 1.19 bits per heavy atom. The zero-order chi connectivity index (χ0) is 15.1. The summed E-state index contributed by atoms with van der Waals surface area (Å²) in [5.41, 5.74) is 2.00. The molecule has 2 rings (SSSR count). The van der Waals surface area contributed by atoms with Crippen LogP contribution in [0.4, 0.5) is 0 Å². The van der Waals surface area contributed by atoms with Gasteiger partial charge in [0.1, 0.15) is 5.75 Å². The molecule has 1 amide bonds. The van der Waals surface area contributed by atoms with E-state index in [1.165, 1.54) is 0 Å². The zero-order valence-electron chi connectivity index (χ0n) is 11.9. The van der Waals surface area contributed by atoms with Gasteiger partial charge in [0.25, 0.3) is 0 Å². The smallest absolute Gasteiger partial charge is 0.224 e. The minimum absolute atomic E-state index is 0.00725. The van der Waals surface area contributed by atoms with Gasteiger partial charge >= 0.3 is 0 Å². The van der Waals surface area contributed by atoms with Gasteiger partial charge in [0.05, 0.1) is 13.5 Å². The molecule has 2 aromatic carbocycles. The Morgan fingerprint density at radius 3 is 2.76 bits per heavy atom. The summed E-state index contributed by atoms with van der Waals surface area (Å²) in [6.45, 7) is 0.583. The van der Waals surface area contributed by atoms with Gasteiger partial charge in [-0.15, -0.1) is 0 Å². The van der Waals surface area contributed by atoms with Crippen molar-refractivity contribution in [3.05, 3.63) is 64.7 Å². The summed E-state index contributed by atoms with van der Waals surface area (Å²) in [5.74, 6) is 0.841. The zero-order valence-corrected chi connectivity index (χ0v) is 12.7. The summed E-state index contributed by atoms with van der Waals surface area (Å²) < 4.78 is 5.28. The molecule has 4 heteroatoms. The monoisotopic (exact) mass is 303 g/mol.